The van der Waals surface area contributed by atoms with E-state index in [1.165, 1.54) is 0 Å². The normalized spacial score (nSPS) is 16.9. The molecule has 0 bridgehead atoms. The lowest BCUT2D eigenvalue weighted by molar-refractivity contribution is 0.00578. The molecule has 156 valence electrons. The maximum atomic E-state index is 9.39. The predicted molar refractivity (Wildman–Crippen MR) is 127 cm³/mol. The van der Waals surface area contributed by atoms with Gasteiger partial charge in [-0.05, 0) is 69.6 Å². The molecule has 1 fully saturated rings. The van der Waals surface area contributed by atoms with Crippen molar-refractivity contribution in [2.75, 3.05) is 0 Å². The second-order valence-corrected chi connectivity index (χ2v) is 9.18. The third-order valence-corrected chi connectivity index (χ3v) is 6.64. The first-order valence-corrected chi connectivity index (χ1v) is 10.6. The molecule has 0 spiro atoms. The van der Waals surface area contributed by atoms with Crippen LogP contribution in [0.15, 0.2) is 60.7 Å². The van der Waals surface area contributed by atoms with Crippen LogP contribution in [-0.4, -0.2) is 22.9 Å². The van der Waals surface area contributed by atoms with Crippen LogP contribution in [-0.2, 0) is 9.31 Å². The molecule has 5 rings (SSSR count). The van der Waals surface area contributed by atoms with Crippen LogP contribution in [0.2, 0.25) is 0 Å². The highest BCUT2D eigenvalue weighted by Gasteiger charge is 2.51. The number of hydrogen-bond acceptors (Lipinski definition) is 3. The van der Waals surface area contributed by atoms with Crippen molar-refractivity contribution in [1.82, 2.24) is 4.57 Å². The molecular weight excluding hydrogens is 397 g/mol. The smallest absolute Gasteiger partial charge is 0.399 e. The maximum Gasteiger partial charge on any atom is 0.493 e. The average Bonchev–Trinajstić information content (AvgIpc) is 3.22. The summed E-state index contributed by atoms with van der Waals surface area (Å²) in [4.78, 5) is 3.72. The third kappa shape index (κ3) is 3.00. The zero-order valence-corrected chi connectivity index (χ0v) is 18.5. The molecule has 4 aromatic rings. The molecule has 1 aliphatic rings. The quantitative estimate of drug-likeness (QED) is 0.318. The minimum Gasteiger partial charge on any atom is -0.399 e. The Morgan fingerprint density at radius 3 is 2.28 bits per heavy atom. The number of hydrogen-bond donors (Lipinski definition) is 0. The van der Waals surface area contributed by atoms with Gasteiger partial charge >= 0.3 is 7.12 Å². The Hall–Kier alpha value is -3.58. The fourth-order valence-corrected chi connectivity index (χ4v) is 4.25. The number of nitriles is 1. The molecule has 0 amide bonds. The Bertz CT molecular complexity index is 1450. The average molecular weight is 419 g/mol. The van der Waals surface area contributed by atoms with Crippen molar-refractivity contribution in [2.24, 2.45) is 0 Å². The van der Waals surface area contributed by atoms with Crippen LogP contribution in [0, 0.1) is 17.9 Å². The summed E-state index contributed by atoms with van der Waals surface area (Å²) in [5.74, 6) is 0. The summed E-state index contributed by atoms with van der Waals surface area (Å²) < 4.78 is 14.6. The van der Waals surface area contributed by atoms with Gasteiger partial charge in [-0.15, -0.1) is 0 Å². The first-order valence-electron chi connectivity index (χ1n) is 10.6. The van der Waals surface area contributed by atoms with Crippen LogP contribution in [0.25, 0.3) is 32.3 Å². The third-order valence-electron chi connectivity index (χ3n) is 6.64. The van der Waals surface area contributed by atoms with Crippen LogP contribution >= 0.6 is 0 Å². The molecule has 0 atom stereocenters. The summed E-state index contributed by atoms with van der Waals surface area (Å²) in [6, 6.07) is 21.8. The van der Waals surface area contributed by atoms with E-state index in [0.29, 0.717) is 11.3 Å². The van der Waals surface area contributed by atoms with Gasteiger partial charge in [0.1, 0.15) is 0 Å². The number of nitrogens with zero attached hydrogens (tertiary/aromatic N) is 3. The number of rotatable bonds is 2. The first-order chi connectivity index (χ1) is 15.2. The Morgan fingerprint density at radius 2 is 1.59 bits per heavy atom. The van der Waals surface area contributed by atoms with E-state index >= 15 is 0 Å². The zero-order chi connectivity index (χ0) is 22.7. The summed E-state index contributed by atoms with van der Waals surface area (Å²) in [5.41, 5.74) is 3.87. The van der Waals surface area contributed by atoms with Crippen LogP contribution in [0.3, 0.4) is 0 Å². The van der Waals surface area contributed by atoms with Gasteiger partial charge in [0, 0.05) is 16.5 Å². The fraction of sp³-hybridized carbons (Fsp3) is 0.231. The molecular formula is C26H22BN3O2. The number of fused-ring (bicyclic) bond motifs is 3. The molecule has 0 unspecified atom stereocenters. The van der Waals surface area contributed by atoms with Crippen molar-refractivity contribution in [3.63, 3.8) is 0 Å². The zero-order valence-electron chi connectivity index (χ0n) is 18.5. The van der Waals surface area contributed by atoms with Gasteiger partial charge < -0.3 is 13.9 Å². The van der Waals surface area contributed by atoms with Gasteiger partial charge in [-0.1, -0.05) is 24.3 Å². The van der Waals surface area contributed by atoms with Crippen molar-refractivity contribution < 1.29 is 9.31 Å². The highest BCUT2D eigenvalue weighted by atomic mass is 16.7. The van der Waals surface area contributed by atoms with Crippen molar-refractivity contribution in [1.29, 1.82) is 5.26 Å². The lowest BCUT2D eigenvalue weighted by Gasteiger charge is -2.32. The lowest BCUT2D eigenvalue weighted by Crippen LogP contribution is -2.41. The summed E-state index contributed by atoms with van der Waals surface area (Å²) >= 11 is 0. The fourth-order valence-electron chi connectivity index (χ4n) is 4.25. The van der Waals surface area contributed by atoms with Crippen LogP contribution in [0.4, 0.5) is 5.69 Å². The van der Waals surface area contributed by atoms with Gasteiger partial charge in [0.25, 0.3) is 0 Å². The topological polar surface area (TPSA) is 51.5 Å². The summed E-state index contributed by atoms with van der Waals surface area (Å²) in [6.07, 6.45) is 0. The van der Waals surface area contributed by atoms with E-state index in [2.05, 4.69) is 27.6 Å². The largest absolute Gasteiger partial charge is 0.493 e. The summed E-state index contributed by atoms with van der Waals surface area (Å²) in [6.45, 7) is 15.7. The number of aromatic nitrogens is 1. The minimum atomic E-state index is -0.557. The standard InChI is InChI=1S/C26H22BN3O2/c1-25(2)26(3,4)32-27(31-25)18-13-19(29-5)15-20(14-18)30-23-9-7-6-8-21(23)22-12-17(16-28)10-11-24(22)30/h6-15H,1-4H3. The Morgan fingerprint density at radius 1 is 0.906 bits per heavy atom. The van der Waals surface area contributed by atoms with E-state index in [-0.39, 0.29) is 0 Å². The van der Waals surface area contributed by atoms with Crippen molar-refractivity contribution in [3.05, 3.63) is 77.6 Å². The molecule has 6 heteroatoms. The number of benzene rings is 3. The van der Waals surface area contributed by atoms with E-state index in [0.717, 1.165) is 33.0 Å². The van der Waals surface area contributed by atoms with E-state index in [4.69, 9.17) is 15.9 Å². The summed E-state index contributed by atoms with van der Waals surface area (Å²) in [7, 11) is -0.557. The molecule has 2 heterocycles. The predicted octanol–water partition coefficient (Wildman–Crippen LogP) is 5.51. The van der Waals surface area contributed by atoms with Gasteiger partial charge in [-0.25, -0.2) is 4.85 Å². The van der Waals surface area contributed by atoms with E-state index in [9.17, 15) is 5.26 Å². The molecule has 0 N–H and O–H groups in total. The second-order valence-electron chi connectivity index (χ2n) is 9.18. The second kappa shape index (κ2) is 6.97. The maximum absolute atomic E-state index is 9.39. The van der Waals surface area contributed by atoms with Crippen LogP contribution < -0.4 is 5.46 Å². The molecule has 32 heavy (non-hydrogen) atoms. The molecule has 1 aliphatic heterocycles. The van der Waals surface area contributed by atoms with E-state index in [1.807, 2.05) is 76.2 Å². The van der Waals surface area contributed by atoms with Gasteiger partial charge in [-0.2, -0.15) is 5.26 Å². The molecule has 3 aromatic carbocycles. The number of para-hydroxylation sites is 1. The van der Waals surface area contributed by atoms with Gasteiger partial charge in [-0.3, -0.25) is 0 Å². The Kier molecular flexibility index (Phi) is 4.43. The highest BCUT2D eigenvalue weighted by Crippen LogP contribution is 2.38. The molecule has 5 nitrogen and oxygen atoms in total. The van der Waals surface area contributed by atoms with E-state index < -0.39 is 18.3 Å². The van der Waals surface area contributed by atoms with Gasteiger partial charge in [0.05, 0.1) is 40.4 Å². The Balaban J connectivity index is 1.75. The SMILES string of the molecule is [C-]#[N+]c1cc(B2OC(C)(C)C(C)(C)O2)cc(-n2c3ccccc3c3cc(C#N)ccc32)c1. The minimum absolute atomic E-state index is 0.466. The summed E-state index contributed by atoms with van der Waals surface area (Å²) in [5, 5.41) is 11.5. The molecule has 1 aromatic heterocycles. The first kappa shape index (κ1) is 20.3. The van der Waals surface area contributed by atoms with Crippen molar-refractivity contribution in [2.45, 2.75) is 38.9 Å². The van der Waals surface area contributed by atoms with Crippen molar-refractivity contribution in [3.8, 4) is 11.8 Å². The van der Waals surface area contributed by atoms with Crippen molar-refractivity contribution >= 4 is 40.1 Å². The van der Waals surface area contributed by atoms with Gasteiger partial charge in [0.2, 0.25) is 0 Å². The molecule has 0 aliphatic carbocycles. The van der Waals surface area contributed by atoms with Crippen LogP contribution in [0.1, 0.15) is 33.3 Å². The Labute approximate surface area is 187 Å². The molecule has 1 saturated heterocycles. The molecule has 0 saturated carbocycles. The van der Waals surface area contributed by atoms with Gasteiger partial charge in [0.15, 0.2) is 5.69 Å². The lowest BCUT2D eigenvalue weighted by atomic mass is 9.78. The molecule has 0 radical (unpaired) electrons. The van der Waals surface area contributed by atoms with Crippen LogP contribution in [0.5, 0.6) is 0 Å². The van der Waals surface area contributed by atoms with E-state index in [1.54, 1.807) is 0 Å². The highest BCUT2D eigenvalue weighted by molar-refractivity contribution is 6.62. The monoisotopic (exact) mass is 419 g/mol.